The number of ether oxygens (including phenoxy) is 1. The van der Waals surface area contributed by atoms with Crippen LogP contribution in [0.3, 0.4) is 0 Å². The molecule has 0 amide bonds. The lowest BCUT2D eigenvalue weighted by Gasteiger charge is -2.14. The van der Waals surface area contributed by atoms with Crippen LogP contribution in [0.4, 0.5) is 0 Å². The Morgan fingerprint density at radius 3 is 2.59 bits per heavy atom. The summed E-state index contributed by atoms with van der Waals surface area (Å²) in [5.41, 5.74) is 1.08. The van der Waals surface area contributed by atoms with E-state index in [9.17, 15) is 9.59 Å². The topological polar surface area (TPSA) is 66.1 Å². The lowest BCUT2D eigenvalue weighted by Crippen LogP contribution is -2.40. The number of rotatable bonds is 5. The van der Waals surface area contributed by atoms with Gasteiger partial charge in [0.1, 0.15) is 11.4 Å². The molecule has 0 N–H and O–H groups in total. The van der Waals surface area contributed by atoms with Crippen molar-refractivity contribution in [3.63, 3.8) is 0 Å². The van der Waals surface area contributed by atoms with Crippen LogP contribution in [0.1, 0.15) is 11.1 Å². The van der Waals surface area contributed by atoms with Gasteiger partial charge in [-0.05, 0) is 41.5 Å². The summed E-state index contributed by atoms with van der Waals surface area (Å²) in [5.74, 6) is 0.692. The minimum absolute atomic E-state index is 0.0836. The predicted molar refractivity (Wildman–Crippen MR) is 113 cm³/mol. The first-order chi connectivity index (χ1) is 14.1. The zero-order valence-corrected chi connectivity index (χ0v) is 16.5. The molecule has 2 heterocycles. The molecule has 2 aromatic heterocycles. The van der Waals surface area contributed by atoms with Gasteiger partial charge in [-0.2, -0.15) is 0 Å². The van der Waals surface area contributed by atoms with Crippen LogP contribution in [-0.4, -0.2) is 21.2 Å². The summed E-state index contributed by atoms with van der Waals surface area (Å²) in [6, 6.07) is 18.0. The standard InChI is InChI=1S/C22H18ClN3O3/c1-29-17-8-4-6-15(12-17)13-25-20-18(9-5-11-24-20)21(27)26(22(25)28)14-16-7-2-3-10-19(16)23/h2-12H,13-14H2,1H3. The van der Waals surface area contributed by atoms with E-state index in [2.05, 4.69) is 4.98 Å². The van der Waals surface area contributed by atoms with Gasteiger partial charge >= 0.3 is 5.69 Å². The Morgan fingerprint density at radius 2 is 1.79 bits per heavy atom. The maximum Gasteiger partial charge on any atom is 0.333 e. The second-order valence-electron chi connectivity index (χ2n) is 6.58. The maximum atomic E-state index is 13.3. The molecule has 0 fully saturated rings. The van der Waals surface area contributed by atoms with Crippen molar-refractivity contribution in [2.24, 2.45) is 0 Å². The summed E-state index contributed by atoms with van der Waals surface area (Å²) in [6.07, 6.45) is 1.57. The van der Waals surface area contributed by atoms with Crippen molar-refractivity contribution in [3.8, 4) is 5.75 Å². The second-order valence-corrected chi connectivity index (χ2v) is 6.98. The van der Waals surface area contributed by atoms with E-state index in [0.717, 1.165) is 5.56 Å². The van der Waals surface area contributed by atoms with Crippen molar-refractivity contribution >= 4 is 22.6 Å². The third-order valence-electron chi connectivity index (χ3n) is 4.74. The number of fused-ring (bicyclic) bond motifs is 1. The summed E-state index contributed by atoms with van der Waals surface area (Å²) in [6.45, 7) is 0.340. The number of benzene rings is 2. The van der Waals surface area contributed by atoms with Crippen molar-refractivity contribution in [1.82, 2.24) is 14.1 Å². The van der Waals surface area contributed by atoms with Crippen LogP contribution in [0, 0.1) is 0 Å². The lowest BCUT2D eigenvalue weighted by atomic mass is 10.2. The number of halogens is 1. The molecule has 4 aromatic rings. The summed E-state index contributed by atoms with van der Waals surface area (Å²) >= 11 is 6.25. The van der Waals surface area contributed by atoms with Gasteiger partial charge < -0.3 is 4.74 Å². The average molecular weight is 408 g/mol. The molecule has 2 aromatic carbocycles. The van der Waals surface area contributed by atoms with Crippen molar-refractivity contribution in [1.29, 1.82) is 0 Å². The number of pyridine rings is 1. The van der Waals surface area contributed by atoms with Crippen molar-refractivity contribution in [2.45, 2.75) is 13.1 Å². The number of nitrogens with zero attached hydrogens (tertiary/aromatic N) is 3. The Kier molecular flexibility index (Phi) is 5.18. The van der Waals surface area contributed by atoms with E-state index >= 15 is 0 Å². The van der Waals surface area contributed by atoms with Crippen LogP contribution >= 0.6 is 11.6 Å². The van der Waals surface area contributed by atoms with Gasteiger partial charge in [0.2, 0.25) is 0 Å². The summed E-state index contributed by atoms with van der Waals surface area (Å²) in [4.78, 5) is 30.6. The first-order valence-electron chi connectivity index (χ1n) is 9.03. The lowest BCUT2D eigenvalue weighted by molar-refractivity contribution is 0.414. The van der Waals surface area contributed by atoms with E-state index in [4.69, 9.17) is 16.3 Å². The average Bonchev–Trinajstić information content (AvgIpc) is 2.75. The molecule has 7 heteroatoms. The van der Waals surface area contributed by atoms with E-state index in [1.807, 2.05) is 30.3 Å². The molecular formula is C22H18ClN3O3. The normalized spacial score (nSPS) is 11.0. The van der Waals surface area contributed by atoms with Crippen molar-refractivity contribution < 1.29 is 4.74 Å². The molecule has 6 nitrogen and oxygen atoms in total. The monoisotopic (exact) mass is 407 g/mol. The molecule has 0 aliphatic rings. The van der Waals surface area contributed by atoms with E-state index < -0.39 is 5.69 Å². The number of aromatic nitrogens is 3. The van der Waals surface area contributed by atoms with Crippen LogP contribution < -0.4 is 16.0 Å². The Hall–Kier alpha value is -3.38. The van der Waals surface area contributed by atoms with Gasteiger partial charge in [-0.1, -0.05) is 41.9 Å². The highest BCUT2D eigenvalue weighted by molar-refractivity contribution is 6.31. The first-order valence-corrected chi connectivity index (χ1v) is 9.41. The molecule has 0 saturated carbocycles. The Bertz CT molecular complexity index is 1310. The molecule has 0 unspecified atom stereocenters. The summed E-state index contributed by atoms with van der Waals surface area (Å²) in [5, 5.41) is 0.881. The highest BCUT2D eigenvalue weighted by atomic mass is 35.5. The van der Waals surface area contributed by atoms with Crippen LogP contribution in [0.25, 0.3) is 11.0 Å². The molecular weight excluding hydrogens is 390 g/mol. The van der Waals surface area contributed by atoms with Crippen LogP contribution in [0.15, 0.2) is 76.4 Å². The molecule has 146 valence electrons. The van der Waals surface area contributed by atoms with E-state index in [0.29, 0.717) is 27.4 Å². The molecule has 0 aliphatic carbocycles. The fourth-order valence-electron chi connectivity index (χ4n) is 3.28. The van der Waals surface area contributed by atoms with E-state index in [1.165, 1.54) is 9.13 Å². The Morgan fingerprint density at radius 1 is 0.966 bits per heavy atom. The van der Waals surface area contributed by atoms with Gasteiger partial charge in [0.25, 0.3) is 5.56 Å². The molecule has 0 aliphatic heterocycles. The van der Waals surface area contributed by atoms with E-state index in [1.54, 1.807) is 43.6 Å². The molecule has 4 rings (SSSR count). The van der Waals surface area contributed by atoms with Crippen LogP contribution in [-0.2, 0) is 13.1 Å². The smallest absolute Gasteiger partial charge is 0.333 e. The predicted octanol–water partition coefficient (Wildman–Crippen LogP) is 3.32. The van der Waals surface area contributed by atoms with Gasteiger partial charge in [0, 0.05) is 11.2 Å². The molecule has 0 radical (unpaired) electrons. The zero-order chi connectivity index (χ0) is 20.4. The maximum absolute atomic E-state index is 13.3. The van der Waals surface area contributed by atoms with Gasteiger partial charge in [0.15, 0.2) is 0 Å². The minimum atomic E-state index is -0.441. The summed E-state index contributed by atoms with van der Waals surface area (Å²) < 4.78 is 7.97. The van der Waals surface area contributed by atoms with Crippen LogP contribution in [0.5, 0.6) is 5.75 Å². The number of methoxy groups -OCH3 is 1. The molecule has 0 spiro atoms. The number of hydrogen-bond acceptors (Lipinski definition) is 4. The fourth-order valence-corrected chi connectivity index (χ4v) is 3.48. The third kappa shape index (κ3) is 3.67. The Labute approximate surface area is 171 Å². The van der Waals surface area contributed by atoms with Crippen molar-refractivity contribution in [3.05, 3.63) is 104 Å². The van der Waals surface area contributed by atoms with E-state index in [-0.39, 0.29) is 18.6 Å². The zero-order valence-electron chi connectivity index (χ0n) is 15.7. The quantitative estimate of drug-likeness (QED) is 0.509. The largest absolute Gasteiger partial charge is 0.497 e. The Balaban J connectivity index is 1.90. The molecule has 0 saturated heterocycles. The molecule has 0 atom stereocenters. The SMILES string of the molecule is COc1cccc(Cn2c(=O)n(Cc3ccccc3Cl)c(=O)c3cccnc32)c1. The van der Waals surface area contributed by atoms with Gasteiger partial charge in [0.05, 0.1) is 25.6 Å². The highest BCUT2D eigenvalue weighted by Crippen LogP contribution is 2.17. The second kappa shape index (κ2) is 7.93. The van der Waals surface area contributed by atoms with Crippen molar-refractivity contribution in [2.75, 3.05) is 7.11 Å². The molecule has 29 heavy (non-hydrogen) atoms. The summed E-state index contributed by atoms with van der Waals surface area (Å²) in [7, 11) is 1.59. The van der Waals surface area contributed by atoms with Crippen LogP contribution in [0.2, 0.25) is 5.02 Å². The minimum Gasteiger partial charge on any atom is -0.497 e. The van der Waals surface area contributed by atoms with Gasteiger partial charge in [-0.15, -0.1) is 0 Å². The van der Waals surface area contributed by atoms with Gasteiger partial charge in [-0.3, -0.25) is 13.9 Å². The highest BCUT2D eigenvalue weighted by Gasteiger charge is 2.15. The third-order valence-corrected chi connectivity index (χ3v) is 5.11. The fraction of sp³-hybridized carbons (Fsp3) is 0.136. The van der Waals surface area contributed by atoms with Gasteiger partial charge in [-0.25, -0.2) is 9.78 Å². The molecule has 0 bridgehead atoms. The first kappa shape index (κ1) is 19.0. The number of hydrogen-bond donors (Lipinski definition) is 0.